The van der Waals surface area contributed by atoms with Crippen molar-refractivity contribution in [1.29, 1.82) is 0 Å². The number of nitrogen functional groups attached to an aromatic ring is 1. The van der Waals surface area contributed by atoms with Gasteiger partial charge in [-0.05, 0) is 48.9 Å². The second kappa shape index (κ2) is 5.82. The summed E-state index contributed by atoms with van der Waals surface area (Å²) in [7, 11) is -3.66. The van der Waals surface area contributed by atoms with Crippen LogP contribution in [0.25, 0.3) is 0 Å². The summed E-state index contributed by atoms with van der Waals surface area (Å²) < 4.78 is 25.1. The minimum absolute atomic E-state index is 0.111. The number of hydrogen-bond acceptors (Lipinski definition) is 4. The molecule has 0 aliphatic rings. The van der Waals surface area contributed by atoms with Crippen molar-refractivity contribution in [2.45, 2.75) is 11.8 Å². The van der Waals surface area contributed by atoms with Crippen LogP contribution in [0.3, 0.4) is 0 Å². The van der Waals surface area contributed by atoms with Gasteiger partial charge in [-0.2, -0.15) is 0 Å². The monoisotopic (exact) mass is 355 g/mol. The number of benzene rings is 2. The molecule has 0 spiro atoms. The van der Waals surface area contributed by atoms with Crippen molar-refractivity contribution in [3.63, 3.8) is 0 Å². The summed E-state index contributed by atoms with van der Waals surface area (Å²) in [6.45, 7) is 1.88. The van der Waals surface area contributed by atoms with Crippen LogP contribution >= 0.6 is 15.9 Å². The van der Waals surface area contributed by atoms with E-state index in [0.29, 0.717) is 11.4 Å². The SMILES string of the molecule is Cc1cc(Br)ccc1NNS(=O)(=O)c1cccc(N)c1. The highest BCUT2D eigenvalue weighted by atomic mass is 79.9. The zero-order valence-electron chi connectivity index (χ0n) is 10.7. The summed E-state index contributed by atoms with van der Waals surface area (Å²) in [5.74, 6) is 0. The molecule has 0 amide bonds. The number of aryl methyl sites for hydroxylation is 1. The molecule has 0 unspecified atom stereocenters. The first kappa shape index (κ1) is 14.8. The van der Waals surface area contributed by atoms with Crippen molar-refractivity contribution < 1.29 is 8.42 Å². The number of rotatable bonds is 4. The van der Waals surface area contributed by atoms with Crippen molar-refractivity contribution >= 4 is 37.3 Å². The van der Waals surface area contributed by atoms with E-state index in [1.807, 2.05) is 19.1 Å². The molecule has 2 rings (SSSR count). The lowest BCUT2D eigenvalue weighted by Gasteiger charge is -2.12. The Hall–Kier alpha value is -1.57. The molecule has 0 heterocycles. The fourth-order valence-corrected chi connectivity index (χ4v) is 3.02. The molecule has 0 saturated heterocycles. The van der Waals surface area contributed by atoms with Gasteiger partial charge in [-0.15, -0.1) is 4.83 Å². The minimum atomic E-state index is -3.66. The lowest BCUT2D eigenvalue weighted by Crippen LogP contribution is -2.29. The first-order valence-electron chi connectivity index (χ1n) is 5.78. The van der Waals surface area contributed by atoms with Gasteiger partial charge in [0.1, 0.15) is 0 Å². The Balaban J connectivity index is 2.17. The molecule has 7 heteroatoms. The molecule has 0 aromatic heterocycles. The summed E-state index contributed by atoms with van der Waals surface area (Å²) in [5.41, 5.74) is 10.3. The summed E-state index contributed by atoms with van der Waals surface area (Å²) in [6.07, 6.45) is 0. The van der Waals surface area contributed by atoms with E-state index in [1.54, 1.807) is 18.2 Å². The fourth-order valence-electron chi connectivity index (χ4n) is 1.63. The van der Waals surface area contributed by atoms with E-state index < -0.39 is 10.0 Å². The lowest BCUT2D eigenvalue weighted by molar-refractivity contribution is 0.588. The van der Waals surface area contributed by atoms with Gasteiger partial charge in [-0.25, -0.2) is 8.42 Å². The standard InChI is InChI=1S/C13H14BrN3O2S/c1-9-7-10(14)5-6-13(9)16-17-20(18,19)12-4-2-3-11(15)8-12/h2-8,16-17H,15H2,1H3. The first-order chi connectivity index (χ1) is 9.38. The van der Waals surface area contributed by atoms with Gasteiger partial charge in [0.2, 0.25) is 0 Å². The molecule has 2 aromatic rings. The van der Waals surface area contributed by atoms with Gasteiger partial charge in [0.15, 0.2) is 0 Å². The topological polar surface area (TPSA) is 84.2 Å². The third-order valence-electron chi connectivity index (χ3n) is 2.68. The van der Waals surface area contributed by atoms with Gasteiger partial charge in [-0.1, -0.05) is 22.0 Å². The molecular formula is C13H14BrN3O2S. The van der Waals surface area contributed by atoms with Crippen LogP contribution in [-0.2, 0) is 10.0 Å². The molecule has 0 aliphatic carbocycles. The largest absolute Gasteiger partial charge is 0.399 e. The van der Waals surface area contributed by atoms with Crippen LogP contribution < -0.4 is 16.0 Å². The number of hydrazine groups is 1. The van der Waals surface area contributed by atoms with Crippen molar-refractivity contribution in [3.05, 3.63) is 52.5 Å². The van der Waals surface area contributed by atoms with Crippen molar-refractivity contribution in [3.8, 4) is 0 Å². The highest BCUT2D eigenvalue weighted by molar-refractivity contribution is 9.10. The van der Waals surface area contributed by atoms with E-state index in [-0.39, 0.29) is 4.90 Å². The molecular weight excluding hydrogens is 342 g/mol. The third-order valence-corrected chi connectivity index (χ3v) is 4.42. The molecule has 2 aromatic carbocycles. The van der Waals surface area contributed by atoms with E-state index in [1.165, 1.54) is 12.1 Å². The van der Waals surface area contributed by atoms with Gasteiger partial charge in [0.05, 0.1) is 10.6 Å². The van der Waals surface area contributed by atoms with Crippen molar-refractivity contribution in [1.82, 2.24) is 4.83 Å². The summed E-state index contributed by atoms with van der Waals surface area (Å²) >= 11 is 3.35. The maximum atomic E-state index is 12.1. The lowest BCUT2D eigenvalue weighted by atomic mass is 10.2. The average molecular weight is 356 g/mol. The second-order valence-corrected chi connectivity index (χ2v) is 6.86. The Morgan fingerprint density at radius 2 is 1.90 bits per heavy atom. The van der Waals surface area contributed by atoms with Crippen LogP contribution in [0.1, 0.15) is 5.56 Å². The maximum absolute atomic E-state index is 12.1. The molecule has 0 atom stereocenters. The van der Waals surface area contributed by atoms with E-state index in [0.717, 1.165) is 10.0 Å². The Labute approximate surface area is 126 Å². The first-order valence-corrected chi connectivity index (χ1v) is 8.05. The van der Waals surface area contributed by atoms with Crippen molar-refractivity contribution in [2.24, 2.45) is 0 Å². The molecule has 20 heavy (non-hydrogen) atoms. The van der Waals surface area contributed by atoms with E-state index >= 15 is 0 Å². The Morgan fingerprint density at radius 1 is 1.15 bits per heavy atom. The molecule has 0 aliphatic heterocycles. The van der Waals surface area contributed by atoms with Crippen LogP contribution in [0, 0.1) is 6.92 Å². The minimum Gasteiger partial charge on any atom is -0.399 e. The number of hydrogen-bond donors (Lipinski definition) is 3. The molecule has 106 valence electrons. The van der Waals surface area contributed by atoms with Crippen LogP contribution in [-0.4, -0.2) is 8.42 Å². The maximum Gasteiger partial charge on any atom is 0.257 e. The summed E-state index contributed by atoms with van der Waals surface area (Å²) in [5, 5.41) is 0. The predicted octanol–water partition coefficient (Wildman–Crippen LogP) is 2.65. The molecule has 0 fully saturated rings. The van der Waals surface area contributed by atoms with E-state index in [9.17, 15) is 8.42 Å². The third kappa shape index (κ3) is 3.50. The number of halogens is 1. The van der Waals surface area contributed by atoms with Gasteiger partial charge >= 0.3 is 0 Å². The zero-order valence-corrected chi connectivity index (χ0v) is 13.1. The summed E-state index contributed by atoms with van der Waals surface area (Å²) in [4.78, 5) is 2.44. The van der Waals surface area contributed by atoms with Crippen LogP contribution in [0.5, 0.6) is 0 Å². The van der Waals surface area contributed by atoms with Gasteiger partial charge in [-0.3, -0.25) is 0 Å². The van der Waals surface area contributed by atoms with Gasteiger partial charge in [0, 0.05) is 10.2 Å². The number of nitrogens with one attached hydrogen (secondary N) is 2. The normalized spacial score (nSPS) is 11.3. The predicted molar refractivity (Wildman–Crippen MR) is 83.7 cm³/mol. The second-order valence-electron chi connectivity index (χ2n) is 4.26. The Bertz CT molecular complexity index is 732. The van der Waals surface area contributed by atoms with Gasteiger partial charge in [0.25, 0.3) is 10.0 Å². The zero-order chi connectivity index (χ0) is 14.8. The van der Waals surface area contributed by atoms with E-state index in [4.69, 9.17) is 5.73 Å². The van der Waals surface area contributed by atoms with Gasteiger partial charge < -0.3 is 11.2 Å². The smallest absolute Gasteiger partial charge is 0.257 e. The quantitative estimate of drug-likeness (QED) is 0.581. The summed E-state index contributed by atoms with van der Waals surface area (Å²) in [6, 6.07) is 11.6. The average Bonchev–Trinajstić information content (AvgIpc) is 2.37. The highest BCUT2D eigenvalue weighted by Gasteiger charge is 2.14. The molecule has 0 bridgehead atoms. The number of anilines is 2. The number of nitrogens with two attached hydrogens (primary N) is 1. The van der Waals surface area contributed by atoms with Crippen LogP contribution in [0.15, 0.2) is 51.8 Å². The van der Waals surface area contributed by atoms with E-state index in [2.05, 4.69) is 26.2 Å². The highest BCUT2D eigenvalue weighted by Crippen LogP contribution is 2.20. The number of sulfonamides is 1. The molecule has 4 N–H and O–H groups in total. The van der Waals surface area contributed by atoms with Crippen LogP contribution in [0.4, 0.5) is 11.4 Å². The fraction of sp³-hybridized carbons (Fsp3) is 0.0769. The molecule has 0 saturated carbocycles. The Morgan fingerprint density at radius 3 is 2.55 bits per heavy atom. The van der Waals surface area contributed by atoms with Crippen LogP contribution in [0.2, 0.25) is 0 Å². The molecule has 5 nitrogen and oxygen atoms in total. The Kier molecular flexibility index (Phi) is 4.32. The van der Waals surface area contributed by atoms with Crippen molar-refractivity contribution in [2.75, 3.05) is 11.2 Å². The molecule has 0 radical (unpaired) electrons.